The zero-order chi connectivity index (χ0) is 23.4. The first-order valence-corrected chi connectivity index (χ1v) is 13.2. The zero-order valence-electron chi connectivity index (χ0n) is 18.4. The molecule has 2 heterocycles. The Morgan fingerprint density at radius 2 is 1.94 bits per heavy atom. The Morgan fingerprint density at radius 1 is 1.18 bits per heavy atom. The van der Waals surface area contributed by atoms with Gasteiger partial charge in [0.15, 0.2) is 0 Å². The molecule has 2 fully saturated rings. The Bertz CT molecular complexity index is 1110. The van der Waals surface area contributed by atoms with E-state index >= 15 is 0 Å². The molecule has 10 heteroatoms. The summed E-state index contributed by atoms with van der Waals surface area (Å²) in [6.45, 7) is 0.261. The van der Waals surface area contributed by atoms with Gasteiger partial charge in [0.25, 0.3) is 15.9 Å². The van der Waals surface area contributed by atoms with Gasteiger partial charge in [0.2, 0.25) is 0 Å². The number of hydrogen-bond acceptors (Lipinski definition) is 7. The van der Waals surface area contributed by atoms with Crippen molar-refractivity contribution in [1.29, 1.82) is 0 Å². The second kappa shape index (κ2) is 10.2. The molecule has 178 valence electrons. The van der Waals surface area contributed by atoms with Crippen LogP contribution in [0, 0.1) is 17.8 Å². The average Bonchev–Trinajstić information content (AvgIpc) is 3.60. The molecule has 1 N–H and O–H groups in total. The van der Waals surface area contributed by atoms with Gasteiger partial charge < -0.3 is 14.8 Å². The number of rotatable bonds is 10. The maximum atomic E-state index is 13.0. The van der Waals surface area contributed by atoms with Crippen LogP contribution in [0.4, 0.5) is 0 Å². The molecule has 2 aliphatic carbocycles. The van der Waals surface area contributed by atoms with Gasteiger partial charge in [-0.25, -0.2) is 8.77 Å². The first-order chi connectivity index (χ1) is 15.9. The van der Waals surface area contributed by atoms with Crippen LogP contribution < -0.4 is 5.32 Å². The number of thiophene rings is 1. The minimum absolute atomic E-state index is 0.0727. The first kappa shape index (κ1) is 23.7. The average molecular weight is 493 g/mol. The maximum Gasteiger partial charge on any atom is 0.331 e. The Kier molecular flexibility index (Phi) is 7.35. The van der Waals surface area contributed by atoms with Crippen molar-refractivity contribution in [3.05, 3.63) is 53.7 Å². The molecule has 0 saturated heterocycles. The predicted molar refractivity (Wildman–Crippen MR) is 124 cm³/mol. The molecule has 2 aliphatic rings. The van der Waals surface area contributed by atoms with Gasteiger partial charge in [-0.1, -0.05) is 12.2 Å². The van der Waals surface area contributed by atoms with Crippen molar-refractivity contribution in [2.75, 3.05) is 20.3 Å². The van der Waals surface area contributed by atoms with E-state index in [1.54, 1.807) is 18.2 Å². The van der Waals surface area contributed by atoms with Gasteiger partial charge in [-0.15, -0.1) is 11.3 Å². The highest BCUT2D eigenvalue weighted by atomic mass is 32.2. The largest absolute Gasteiger partial charge is 0.467 e. The Balaban J connectivity index is 1.36. The van der Waals surface area contributed by atoms with Gasteiger partial charge in [-0.05, 0) is 67.7 Å². The zero-order valence-corrected chi connectivity index (χ0v) is 20.0. The lowest BCUT2D eigenvalue weighted by Gasteiger charge is -2.31. The number of allylic oxidation sites excluding steroid dienone is 1. The smallest absolute Gasteiger partial charge is 0.331 e. The molecule has 1 amide bonds. The van der Waals surface area contributed by atoms with Crippen molar-refractivity contribution in [2.45, 2.75) is 35.9 Å². The van der Waals surface area contributed by atoms with E-state index in [0.29, 0.717) is 29.2 Å². The van der Waals surface area contributed by atoms with E-state index in [-0.39, 0.29) is 22.8 Å². The SMILES string of the molecule is COC(=O)COC/C=C\C[C@H]1[C@@H]2CC[C@@H](C2)[C@@H]1NC(=O)c1ccc(S(=O)(=O)n2cccc2)s1. The fraction of sp³-hybridized carbons (Fsp3) is 0.478. The van der Waals surface area contributed by atoms with Crippen LogP contribution in [0.1, 0.15) is 35.4 Å². The molecule has 2 saturated carbocycles. The van der Waals surface area contributed by atoms with E-state index in [0.717, 1.165) is 34.6 Å². The van der Waals surface area contributed by atoms with Crippen molar-refractivity contribution in [2.24, 2.45) is 17.8 Å². The number of carbonyl (C=O) groups excluding carboxylic acids is 2. The number of nitrogens with zero attached hydrogens (tertiary/aromatic N) is 1. The molecular weight excluding hydrogens is 464 g/mol. The van der Waals surface area contributed by atoms with Crippen LogP contribution in [0.3, 0.4) is 0 Å². The lowest BCUT2D eigenvalue weighted by Crippen LogP contribution is -2.43. The standard InChI is InChI=1S/C23H28N2O6S2/c1-30-20(26)15-31-13-5-2-6-18-16-7-8-17(14-16)22(18)24-23(27)19-9-10-21(32-19)33(28,29)25-11-3-4-12-25/h2-5,9-12,16-18,22H,6-8,13-15H2,1H3,(H,24,27)/b5-2-/t16-,17+,18+,22+/m1/s1. The van der Waals surface area contributed by atoms with E-state index in [2.05, 4.69) is 16.1 Å². The van der Waals surface area contributed by atoms with E-state index in [1.165, 1.54) is 32.0 Å². The summed E-state index contributed by atoms with van der Waals surface area (Å²) in [7, 11) is -2.35. The normalized spacial score (nSPS) is 24.4. The number of aromatic nitrogens is 1. The summed E-state index contributed by atoms with van der Waals surface area (Å²) < 4.78 is 36.4. The van der Waals surface area contributed by atoms with Crippen molar-refractivity contribution < 1.29 is 27.5 Å². The number of ether oxygens (including phenoxy) is 2. The molecule has 2 aromatic rings. The molecule has 0 aromatic carbocycles. The maximum absolute atomic E-state index is 13.0. The third-order valence-corrected chi connectivity index (χ3v) is 9.74. The second-order valence-electron chi connectivity index (χ2n) is 8.43. The minimum atomic E-state index is -3.68. The van der Waals surface area contributed by atoms with Crippen LogP contribution in [-0.4, -0.2) is 50.6 Å². The van der Waals surface area contributed by atoms with Crippen molar-refractivity contribution in [1.82, 2.24) is 9.29 Å². The number of methoxy groups -OCH3 is 1. The number of amides is 1. The van der Waals surface area contributed by atoms with E-state index in [9.17, 15) is 18.0 Å². The topological polar surface area (TPSA) is 104 Å². The molecule has 4 rings (SSSR count). The molecule has 2 bridgehead atoms. The van der Waals surface area contributed by atoms with E-state index < -0.39 is 16.0 Å². The fourth-order valence-corrected chi connectivity index (χ4v) is 7.45. The van der Waals surface area contributed by atoms with Crippen LogP contribution in [0.15, 0.2) is 53.0 Å². The quantitative estimate of drug-likeness (QED) is 0.311. The summed E-state index contributed by atoms with van der Waals surface area (Å²) in [5.41, 5.74) is 0. The summed E-state index contributed by atoms with van der Waals surface area (Å²) in [6, 6.07) is 6.44. The van der Waals surface area contributed by atoms with Crippen LogP contribution >= 0.6 is 11.3 Å². The van der Waals surface area contributed by atoms with Crippen molar-refractivity contribution >= 4 is 33.2 Å². The highest BCUT2D eigenvalue weighted by Crippen LogP contribution is 2.50. The summed E-state index contributed by atoms with van der Waals surface area (Å²) in [6.07, 6.45) is 11.1. The van der Waals surface area contributed by atoms with Gasteiger partial charge in [-0.2, -0.15) is 8.42 Å². The number of nitrogens with one attached hydrogen (secondary N) is 1. The Labute approximate surface area is 197 Å². The van der Waals surface area contributed by atoms with E-state index in [1.807, 2.05) is 6.08 Å². The molecular formula is C23H28N2O6S2. The lowest BCUT2D eigenvalue weighted by atomic mass is 9.82. The third kappa shape index (κ3) is 5.23. The first-order valence-electron chi connectivity index (χ1n) is 11.0. The molecule has 4 atom stereocenters. The van der Waals surface area contributed by atoms with Gasteiger partial charge >= 0.3 is 5.97 Å². The van der Waals surface area contributed by atoms with Crippen LogP contribution in [0.5, 0.6) is 0 Å². The number of esters is 1. The Morgan fingerprint density at radius 3 is 2.70 bits per heavy atom. The molecule has 0 radical (unpaired) electrons. The van der Waals surface area contributed by atoms with Crippen LogP contribution in [0.2, 0.25) is 0 Å². The highest BCUT2D eigenvalue weighted by Gasteiger charge is 2.47. The minimum Gasteiger partial charge on any atom is -0.467 e. The molecule has 0 aliphatic heterocycles. The Hall–Kier alpha value is -2.43. The number of carbonyl (C=O) groups is 2. The molecule has 33 heavy (non-hydrogen) atoms. The number of hydrogen-bond donors (Lipinski definition) is 1. The summed E-state index contributed by atoms with van der Waals surface area (Å²) in [4.78, 5) is 24.4. The highest BCUT2D eigenvalue weighted by molar-refractivity contribution is 7.92. The number of fused-ring (bicyclic) bond motifs is 2. The predicted octanol–water partition coefficient (Wildman–Crippen LogP) is 3.07. The second-order valence-corrected chi connectivity index (χ2v) is 11.6. The van der Waals surface area contributed by atoms with Crippen molar-refractivity contribution in [3.63, 3.8) is 0 Å². The van der Waals surface area contributed by atoms with Crippen LogP contribution in [-0.2, 0) is 24.3 Å². The van der Waals surface area contributed by atoms with E-state index in [4.69, 9.17) is 4.74 Å². The third-order valence-electron chi connectivity index (χ3n) is 6.54. The van der Waals surface area contributed by atoms with Crippen molar-refractivity contribution in [3.8, 4) is 0 Å². The summed E-state index contributed by atoms with van der Waals surface area (Å²) >= 11 is 0.993. The van der Waals surface area contributed by atoms with Gasteiger partial charge in [0, 0.05) is 18.4 Å². The lowest BCUT2D eigenvalue weighted by molar-refractivity contribution is -0.145. The summed E-state index contributed by atoms with van der Waals surface area (Å²) in [5.74, 6) is 0.747. The molecule has 0 spiro atoms. The molecule has 8 nitrogen and oxygen atoms in total. The van der Waals surface area contributed by atoms with Crippen LogP contribution in [0.25, 0.3) is 0 Å². The van der Waals surface area contributed by atoms with Gasteiger partial charge in [0.05, 0.1) is 18.6 Å². The van der Waals surface area contributed by atoms with Gasteiger partial charge in [-0.3, -0.25) is 4.79 Å². The summed E-state index contributed by atoms with van der Waals surface area (Å²) in [5, 5.41) is 3.19. The fourth-order valence-electron chi connectivity index (χ4n) is 4.95. The molecule has 0 unspecified atom stereocenters. The molecule has 2 aromatic heterocycles. The monoisotopic (exact) mass is 492 g/mol. The van der Waals surface area contributed by atoms with Gasteiger partial charge in [0.1, 0.15) is 10.8 Å².